The molecule has 120 valence electrons. The molecule has 0 fully saturated rings. The van der Waals surface area contributed by atoms with E-state index in [4.69, 9.17) is 4.74 Å². The Morgan fingerprint density at radius 2 is 2.26 bits per heavy atom. The van der Waals surface area contributed by atoms with Gasteiger partial charge >= 0.3 is 5.97 Å². The molecule has 0 bridgehead atoms. The molecule has 0 saturated heterocycles. The number of hydrogen-bond donors (Lipinski definition) is 1. The highest BCUT2D eigenvalue weighted by Gasteiger charge is 2.31. The average molecular weight is 310 g/mol. The van der Waals surface area contributed by atoms with Crippen LogP contribution in [0, 0.1) is 11.8 Å². The van der Waals surface area contributed by atoms with E-state index in [0.29, 0.717) is 19.6 Å². The second-order valence-corrected chi connectivity index (χ2v) is 5.74. The second-order valence-electron chi connectivity index (χ2n) is 5.74. The minimum Gasteiger partial charge on any atom is -0.466 e. The van der Waals surface area contributed by atoms with Gasteiger partial charge in [0, 0.05) is 23.1 Å². The Hall–Kier alpha value is -2.25. The van der Waals surface area contributed by atoms with Crippen molar-refractivity contribution >= 4 is 16.9 Å². The molecule has 0 amide bonds. The lowest BCUT2D eigenvalue weighted by atomic mass is 9.95. The number of aromatic amines is 1. The van der Waals surface area contributed by atoms with Crippen LogP contribution < -0.4 is 0 Å². The number of H-pyrrole nitrogens is 1. The van der Waals surface area contributed by atoms with E-state index in [1.54, 1.807) is 0 Å². The summed E-state index contributed by atoms with van der Waals surface area (Å²) in [5, 5.41) is 1.26. The molecule has 1 N–H and O–H groups in total. The van der Waals surface area contributed by atoms with Gasteiger partial charge in [-0.25, -0.2) is 0 Å². The SMILES string of the molecule is CC#CCN1CCc2c([nH]c3ccccc23)C1CC(=O)OCC. The van der Waals surface area contributed by atoms with Crippen LogP contribution in [0.25, 0.3) is 10.9 Å². The topological polar surface area (TPSA) is 45.3 Å². The molecule has 0 radical (unpaired) electrons. The fourth-order valence-corrected chi connectivity index (χ4v) is 3.35. The number of ether oxygens (including phenoxy) is 1. The van der Waals surface area contributed by atoms with Gasteiger partial charge in [-0.1, -0.05) is 24.1 Å². The molecule has 1 atom stereocenters. The van der Waals surface area contributed by atoms with Crippen LogP contribution in [0.15, 0.2) is 24.3 Å². The van der Waals surface area contributed by atoms with Crippen molar-refractivity contribution in [2.75, 3.05) is 19.7 Å². The first-order valence-corrected chi connectivity index (χ1v) is 8.13. The number of benzene rings is 1. The van der Waals surface area contributed by atoms with Crippen molar-refractivity contribution < 1.29 is 9.53 Å². The van der Waals surface area contributed by atoms with Crippen molar-refractivity contribution in [3.63, 3.8) is 0 Å². The van der Waals surface area contributed by atoms with Crippen molar-refractivity contribution in [2.45, 2.75) is 32.7 Å². The van der Waals surface area contributed by atoms with Crippen molar-refractivity contribution in [2.24, 2.45) is 0 Å². The summed E-state index contributed by atoms with van der Waals surface area (Å²) >= 11 is 0. The molecule has 1 unspecified atom stereocenters. The van der Waals surface area contributed by atoms with E-state index in [-0.39, 0.29) is 12.0 Å². The summed E-state index contributed by atoms with van der Waals surface area (Å²) in [6.07, 6.45) is 1.34. The fraction of sp³-hybridized carbons (Fsp3) is 0.421. The van der Waals surface area contributed by atoms with Crippen LogP contribution in [-0.4, -0.2) is 35.5 Å². The first-order valence-electron chi connectivity index (χ1n) is 8.13. The number of carbonyl (C=O) groups is 1. The molecule has 0 saturated carbocycles. The summed E-state index contributed by atoms with van der Waals surface area (Å²) in [4.78, 5) is 17.8. The van der Waals surface area contributed by atoms with E-state index < -0.39 is 0 Å². The standard InChI is InChI=1S/C19H22N2O2/c1-3-5-11-21-12-10-15-14-8-6-7-9-16(14)20-19(15)17(21)13-18(22)23-4-2/h6-9,17,20H,4,10-13H2,1-2H3. The van der Waals surface area contributed by atoms with Crippen LogP contribution in [0.1, 0.15) is 37.6 Å². The van der Waals surface area contributed by atoms with Crippen molar-refractivity contribution in [3.8, 4) is 11.8 Å². The first kappa shape index (κ1) is 15.6. The maximum Gasteiger partial charge on any atom is 0.307 e. The molecule has 3 rings (SSSR count). The van der Waals surface area contributed by atoms with Gasteiger partial charge in [0.2, 0.25) is 0 Å². The Morgan fingerprint density at radius 1 is 1.43 bits per heavy atom. The maximum atomic E-state index is 12.1. The number of rotatable bonds is 4. The Labute approximate surface area is 136 Å². The van der Waals surface area contributed by atoms with Gasteiger partial charge in [-0.2, -0.15) is 0 Å². The molecule has 1 aliphatic heterocycles. The lowest BCUT2D eigenvalue weighted by molar-refractivity contribution is -0.144. The van der Waals surface area contributed by atoms with Crippen LogP contribution in [0.2, 0.25) is 0 Å². The molecule has 4 heteroatoms. The highest BCUT2D eigenvalue weighted by atomic mass is 16.5. The molecule has 4 nitrogen and oxygen atoms in total. The predicted molar refractivity (Wildman–Crippen MR) is 91.0 cm³/mol. The number of aromatic nitrogens is 1. The van der Waals surface area contributed by atoms with E-state index >= 15 is 0 Å². The molecule has 2 heterocycles. The van der Waals surface area contributed by atoms with Crippen LogP contribution in [0.3, 0.4) is 0 Å². The van der Waals surface area contributed by atoms with E-state index in [9.17, 15) is 4.79 Å². The second kappa shape index (κ2) is 6.89. The van der Waals surface area contributed by atoms with Gasteiger partial charge < -0.3 is 9.72 Å². The third kappa shape index (κ3) is 3.11. The Kier molecular flexibility index (Phi) is 4.68. The molecule has 23 heavy (non-hydrogen) atoms. The Balaban J connectivity index is 1.98. The highest BCUT2D eigenvalue weighted by molar-refractivity contribution is 5.85. The zero-order chi connectivity index (χ0) is 16.2. The molecule has 0 spiro atoms. The number of hydrogen-bond acceptors (Lipinski definition) is 3. The number of nitrogens with one attached hydrogen (secondary N) is 1. The summed E-state index contributed by atoms with van der Waals surface area (Å²) in [6, 6.07) is 8.33. The fourth-order valence-electron chi connectivity index (χ4n) is 3.35. The summed E-state index contributed by atoms with van der Waals surface area (Å²) in [6.45, 7) is 5.69. The number of carbonyl (C=O) groups excluding carboxylic acids is 1. The smallest absolute Gasteiger partial charge is 0.307 e. The van der Waals surface area contributed by atoms with E-state index in [1.165, 1.54) is 10.9 Å². The molecule has 1 aromatic heterocycles. The van der Waals surface area contributed by atoms with Crippen LogP contribution in [-0.2, 0) is 16.0 Å². The molecule has 1 aromatic carbocycles. The Morgan fingerprint density at radius 3 is 3.04 bits per heavy atom. The van der Waals surface area contributed by atoms with Crippen molar-refractivity contribution in [3.05, 3.63) is 35.5 Å². The molecule has 1 aliphatic rings. The Bertz CT molecular complexity index is 767. The molecular weight excluding hydrogens is 288 g/mol. The van der Waals surface area contributed by atoms with Crippen LogP contribution in [0.4, 0.5) is 0 Å². The molecule has 2 aromatic rings. The van der Waals surface area contributed by atoms with E-state index in [0.717, 1.165) is 24.2 Å². The third-order valence-corrected chi connectivity index (χ3v) is 4.39. The van der Waals surface area contributed by atoms with E-state index in [1.807, 2.05) is 19.9 Å². The predicted octanol–water partition coefficient (Wildman–Crippen LogP) is 3.04. The quantitative estimate of drug-likeness (QED) is 0.697. The minimum atomic E-state index is -0.154. The van der Waals surface area contributed by atoms with Gasteiger partial charge in [0.15, 0.2) is 0 Å². The largest absolute Gasteiger partial charge is 0.466 e. The summed E-state index contributed by atoms with van der Waals surface area (Å²) in [5.74, 6) is 5.92. The number of esters is 1. The number of nitrogens with zero attached hydrogens (tertiary/aromatic N) is 1. The van der Waals surface area contributed by atoms with Crippen LogP contribution in [0.5, 0.6) is 0 Å². The zero-order valence-electron chi connectivity index (χ0n) is 13.7. The lowest BCUT2D eigenvalue weighted by Gasteiger charge is -2.34. The lowest BCUT2D eigenvalue weighted by Crippen LogP contribution is -2.37. The van der Waals surface area contributed by atoms with Gasteiger partial charge in [-0.3, -0.25) is 9.69 Å². The maximum absolute atomic E-state index is 12.1. The third-order valence-electron chi connectivity index (χ3n) is 4.39. The number of para-hydroxylation sites is 1. The van der Waals surface area contributed by atoms with Gasteiger partial charge in [0.25, 0.3) is 0 Å². The zero-order valence-corrected chi connectivity index (χ0v) is 13.7. The molecule has 0 aliphatic carbocycles. The summed E-state index contributed by atoms with van der Waals surface area (Å²) in [5.41, 5.74) is 3.61. The minimum absolute atomic E-state index is 0.00560. The van der Waals surface area contributed by atoms with Crippen LogP contribution >= 0.6 is 0 Å². The van der Waals surface area contributed by atoms with Crippen molar-refractivity contribution in [1.29, 1.82) is 0 Å². The monoisotopic (exact) mass is 310 g/mol. The van der Waals surface area contributed by atoms with Gasteiger partial charge in [0.05, 0.1) is 25.6 Å². The first-order chi connectivity index (χ1) is 11.2. The van der Waals surface area contributed by atoms with Gasteiger partial charge in [-0.15, -0.1) is 5.92 Å². The van der Waals surface area contributed by atoms with Crippen molar-refractivity contribution in [1.82, 2.24) is 9.88 Å². The normalized spacial score (nSPS) is 17.4. The average Bonchev–Trinajstić information content (AvgIpc) is 2.93. The molecular formula is C19H22N2O2. The van der Waals surface area contributed by atoms with E-state index in [2.05, 4.69) is 39.9 Å². The summed E-state index contributed by atoms with van der Waals surface area (Å²) < 4.78 is 5.17. The number of fused-ring (bicyclic) bond motifs is 3. The van der Waals surface area contributed by atoms with Gasteiger partial charge in [-0.05, 0) is 31.9 Å². The highest BCUT2D eigenvalue weighted by Crippen LogP contribution is 2.36. The summed E-state index contributed by atoms with van der Waals surface area (Å²) in [7, 11) is 0. The van der Waals surface area contributed by atoms with Gasteiger partial charge in [0.1, 0.15) is 0 Å².